The number of rotatable bonds is 4. The van der Waals surface area contributed by atoms with E-state index in [2.05, 4.69) is 20.1 Å². The summed E-state index contributed by atoms with van der Waals surface area (Å²) in [5.74, 6) is 0. The SMILES string of the molecule is C=CC1=C(C=C)CC(CC)(CO)C1. The molecule has 0 aromatic carbocycles. The van der Waals surface area contributed by atoms with Crippen LogP contribution in [0.1, 0.15) is 26.2 Å². The Morgan fingerprint density at radius 1 is 1.31 bits per heavy atom. The number of aliphatic hydroxyl groups excluding tert-OH is 1. The number of hydrogen-bond donors (Lipinski definition) is 1. The van der Waals surface area contributed by atoms with Gasteiger partial charge >= 0.3 is 0 Å². The van der Waals surface area contributed by atoms with Gasteiger partial charge in [0, 0.05) is 12.0 Å². The molecular weight excluding hydrogens is 160 g/mol. The summed E-state index contributed by atoms with van der Waals surface area (Å²) in [6.07, 6.45) is 6.70. The van der Waals surface area contributed by atoms with Gasteiger partial charge in [-0.25, -0.2) is 0 Å². The number of aliphatic hydroxyl groups is 1. The normalized spacial score (nSPS) is 20.5. The standard InChI is InChI=1S/C12H18O/c1-4-10-7-12(6-3,9-13)8-11(10)5-2/h4-5,13H,1-2,6-9H2,3H3. The van der Waals surface area contributed by atoms with Crippen molar-refractivity contribution < 1.29 is 5.11 Å². The van der Waals surface area contributed by atoms with E-state index in [1.165, 1.54) is 11.1 Å². The highest BCUT2D eigenvalue weighted by Crippen LogP contribution is 2.44. The minimum atomic E-state index is 0.0625. The third-order valence-electron chi connectivity index (χ3n) is 3.12. The summed E-state index contributed by atoms with van der Waals surface area (Å²) < 4.78 is 0. The van der Waals surface area contributed by atoms with Crippen molar-refractivity contribution in [1.82, 2.24) is 0 Å². The van der Waals surface area contributed by atoms with Gasteiger partial charge in [-0.15, -0.1) is 0 Å². The lowest BCUT2D eigenvalue weighted by Crippen LogP contribution is -2.21. The van der Waals surface area contributed by atoms with Gasteiger partial charge < -0.3 is 5.11 Å². The Bertz CT molecular complexity index is 222. The van der Waals surface area contributed by atoms with Gasteiger partial charge in [-0.3, -0.25) is 0 Å². The number of allylic oxidation sites excluding steroid dienone is 4. The van der Waals surface area contributed by atoms with E-state index in [9.17, 15) is 5.11 Å². The van der Waals surface area contributed by atoms with Crippen molar-refractivity contribution in [2.24, 2.45) is 5.41 Å². The molecule has 1 rings (SSSR count). The lowest BCUT2D eigenvalue weighted by atomic mass is 9.82. The zero-order valence-electron chi connectivity index (χ0n) is 8.34. The van der Waals surface area contributed by atoms with E-state index in [0.717, 1.165) is 19.3 Å². The predicted molar refractivity (Wildman–Crippen MR) is 56.5 cm³/mol. The van der Waals surface area contributed by atoms with Gasteiger partial charge in [0.05, 0.1) is 0 Å². The molecule has 0 fully saturated rings. The topological polar surface area (TPSA) is 20.2 Å². The summed E-state index contributed by atoms with van der Waals surface area (Å²) in [7, 11) is 0. The first-order valence-corrected chi connectivity index (χ1v) is 4.79. The van der Waals surface area contributed by atoms with Crippen molar-refractivity contribution >= 4 is 0 Å². The first-order chi connectivity index (χ1) is 6.21. The average Bonchev–Trinajstić information content (AvgIpc) is 2.57. The molecule has 0 aromatic rings. The van der Waals surface area contributed by atoms with Crippen LogP contribution in [0.5, 0.6) is 0 Å². The lowest BCUT2D eigenvalue weighted by molar-refractivity contribution is 0.130. The van der Waals surface area contributed by atoms with E-state index >= 15 is 0 Å². The highest BCUT2D eigenvalue weighted by atomic mass is 16.3. The van der Waals surface area contributed by atoms with E-state index in [-0.39, 0.29) is 12.0 Å². The Morgan fingerprint density at radius 2 is 1.77 bits per heavy atom. The highest BCUT2D eigenvalue weighted by Gasteiger charge is 2.34. The van der Waals surface area contributed by atoms with Crippen molar-refractivity contribution in [1.29, 1.82) is 0 Å². The van der Waals surface area contributed by atoms with Gasteiger partial charge in [-0.1, -0.05) is 32.2 Å². The van der Waals surface area contributed by atoms with Crippen molar-refractivity contribution in [2.45, 2.75) is 26.2 Å². The minimum absolute atomic E-state index is 0.0625. The van der Waals surface area contributed by atoms with Gasteiger partial charge in [-0.05, 0) is 30.4 Å². The first kappa shape index (κ1) is 10.3. The average molecular weight is 178 g/mol. The van der Waals surface area contributed by atoms with Gasteiger partial charge in [0.2, 0.25) is 0 Å². The van der Waals surface area contributed by atoms with E-state index in [4.69, 9.17) is 0 Å². The zero-order chi connectivity index (χ0) is 9.90. The lowest BCUT2D eigenvalue weighted by Gasteiger charge is -2.25. The fourth-order valence-corrected chi connectivity index (χ4v) is 1.98. The van der Waals surface area contributed by atoms with Gasteiger partial charge in [-0.2, -0.15) is 0 Å². The maximum Gasteiger partial charge on any atom is 0.0493 e. The van der Waals surface area contributed by atoms with E-state index in [1.54, 1.807) is 0 Å². The van der Waals surface area contributed by atoms with Gasteiger partial charge in [0.1, 0.15) is 0 Å². The highest BCUT2D eigenvalue weighted by molar-refractivity contribution is 5.38. The van der Waals surface area contributed by atoms with E-state index in [0.29, 0.717) is 0 Å². The summed E-state index contributed by atoms with van der Waals surface area (Å²) in [5, 5.41) is 9.35. The second kappa shape index (κ2) is 3.93. The molecule has 0 amide bonds. The van der Waals surface area contributed by atoms with E-state index < -0.39 is 0 Å². The van der Waals surface area contributed by atoms with Gasteiger partial charge in [0.15, 0.2) is 0 Å². The molecule has 13 heavy (non-hydrogen) atoms. The molecule has 1 nitrogen and oxygen atoms in total. The summed E-state index contributed by atoms with van der Waals surface area (Å²) in [6.45, 7) is 9.97. The summed E-state index contributed by atoms with van der Waals surface area (Å²) in [5.41, 5.74) is 2.57. The second-order valence-electron chi connectivity index (χ2n) is 3.82. The maximum absolute atomic E-state index is 9.35. The molecule has 1 aliphatic rings. The molecule has 0 bridgehead atoms. The third kappa shape index (κ3) is 1.75. The molecule has 0 radical (unpaired) electrons. The predicted octanol–water partition coefficient (Wildman–Crippen LogP) is 2.84. The Kier molecular flexibility index (Phi) is 3.10. The monoisotopic (exact) mass is 178 g/mol. The maximum atomic E-state index is 9.35. The van der Waals surface area contributed by atoms with Crippen molar-refractivity contribution in [3.8, 4) is 0 Å². The third-order valence-corrected chi connectivity index (χ3v) is 3.12. The summed E-state index contributed by atoms with van der Waals surface area (Å²) in [4.78, 5) is 0. The molecule has 1 N–H and O–H groups in total. The molecule has 0 aliphatic heterocycles. The largest absolute Gasteiger partial charge is 0.396 e. The van der Waals surface area contributed by atoms with Crippen molar-refractivity contribution in [3.05, 3.63) is 36.5 Å². The van der Waals surface area contributed by atoms with Crippen LogP contribution < -0.4 is 0 Å². The van der Waals surface area contributed by atoms with Crippen LogP contribution in [0.3, 0.4) is 0 Å². The molecule has 1 aliphatic carbocycles. The molecule has 0 saturated carbocycles. The molecule has 0 unspecified atom stereocenters. The first-order valence-electron chi connectivity index (χ1n) is 4.79. The smallest absolute Gasteiger partial charge is 0.0493 e. The number of hydrogen-bond acceptors (Lipinski definition) is 1. The van der Waals surface area contributed by atoms with Crippen LogP contribution in [0, 0.1) is 5.41 Å². The van der Waals surface area contributed by atoms with Crippen LogP contribution >= 0.6 is 0 Å². The Morgan fingerprint density at radius 3 is 2.00 bits per heavy atom. The molecule has 0 aromatic heterocycles. The molecular formula is C12H18O. The molecule has 0 heterocycles. The Balaban J connectivity index is 2.87. The fraction of sp³-hybridized carbons (Fsp3) is 0.500. The van der Waals surface area contributed by atoms with Gasteiger partial charge in [0.25, 0.3) is 0 Å². The molecule has 72 valence electrons. The van der Waals surface area contributed by atoms with Crippen LogP contribution in [-0.2, 0) is 0 Å². The second-order valence-corrected chi connectivity index (χ2v) is 3.82. The van der Waals surface area contributed by atoms with Crippen LogP contribution in [-0.4, -0.2) is 11.7 Å². The fourth-order valence-electron chi connectivity index (χ4n) is 1.98. The Hall–Kier alpha value is -0.820. The Labute approximate surface area is 80.5 Å². The molecule has 0 atom stereocenters. The molecule has 0 saturated heterocycles. The quantitative estimate of drug-likeness (QED) is 0.701. The van der Waals surface area contributed by atoms with Crippen LogP contribution in [0.4, 0.5) is 0 Å². The molecule has 0 spiro atoms. The molecule has 1 heteroatoms. The van der Waals surface area contributed by atoms with Crippen molar-refractivity contribution in [2.75, 3.05) is 6.61 Å². The van der Waals surface area contributed by atoms with Crippen LogP contribution in [0.2, 0.25) is 0 Å². The summed E-state index contributed by atoms with van der Waals surface area (Å²) >= 11 is 0. The van der Waals surface area contributed by atoms with Crippen molar-refractivity contribution in [3.63, 3.8) is 0 Å². The van der Waals surface area contributed by atoms with Crippen LogP contribution in [0.15, 0.2) is 36.5 Å². The zero-order valence-corrected chi connectivity index (χ0v) is 8.34. The van der Waals surface area contributed by atoms with E-state index in [1.807, 2.05) is 12.2 Å². The minimum Gasteiger partial charge on any atom is -0.396 e. The summed E-state index contributed by atoms with van der Waals surface area (Å²) in [6, 6.07) is 0. The van der Waals surface area contributed by atoms with Crippen LogP contribution in [0.25, 0.3) is 0 Å².